The first-order chi connectivity index (χ1) is 8.49. The lowest BCUT2D eigenvalue weighted by Crippen LogP contribution is -2.13. The number of hydrogen-bond donors (Lipinski definition) is 1. The third-order valence-electron chi connectivity index (χ3n) is 2.13. The van der Waals surface area contributed by atoms with Gasteiger partial charge in [0.15, 0.2) is 0 Å². The van der Waals surface area contributed by atoms with Gasteiger partial charge >= 0.3 is 0 Å². The van der Waals surface area contributed by atoms with Gasteiger partial charge in [-0.3, -0.25) is 9.71 Å². The number of nitrogens with zero attached hydrogens (tertiary/aromatic N) is 1. The van der Waals surface area contributed by atoms with E-state index in [1.165, 1.54) is 36.7 Å². The normalized spacial score (nSPS) is 11.2. The summed E-state index contributed by atoms with van der Waals surface area (Å²) in [6.45, 7) is 0. The van der Waals surface area contributed by atoms with Crippen molar-refractivity contribution in [3.63, 3.8) is 0 Å². The molecule has 18 heavy (non-hydrogen) atoms. The van der Waals surface area contributed by atoms with Crippen molar-refractivity contribution in [3.8, 4) is 0 Å². The van der Waals surface area contributed by atoms with Crippen molar-refractivity contribution in [2.75, 3.05) is 4.72 Å². The number of sulfonamides is 1. The Labute approximate surface area is 112 Å². The Morgan fingerprint density at radius 3 is 2.44 bits per heavy atom. The zero-order valence-electron chi connectivity index (χ0n) is 8.97. The molecule has 0 spiro atoms. The molecule has 1 N–H and O–H groups in total. The van der Waals surface area contributed by atoms with Crippen LogP contribution in [0.25, 0.3) is 0 Å². The summed E-state index contributed by atoms with van der Waals surface area (Å²) in [4.78, 5) is 3.63. The number of halogens is 2. The lowest BCUT2D eigenvalue weighted by Gasteiger charge is -2.08. The summed E-state index contributed by atoms with van der Waals surface area (Å²) in [6, 6.07) is 6.63. The van der Waals surface area contributed by atoms with Crippen molar-refractivity contribution in [2.24, 2.45) is 0 Å². The standard InChI is InChI=1S/C11H8BrFN2O2S/c12-10-2-1-9(7-11(10)13)18(16,17)15-8-3-5-14-6-4-8/h1-7H,(H,14,15). The average Bonchev–Trinajstić information content (AvgIpc) is 2.33. The van der Waals surface area contributed by atoms with Crippen molar-refractivity contribution in [1.29, 1.82) is 0 Å². The molecule has 1 aromatic heterocycles. The van der Waals surface area contributed by atoms with Gasteiger partial charge in [-0.25, -0.2) is 12.8 Å². The number of benzene rings is 1. The summed E-state index contributed by atoms with van der Waals surface area (Å²) >= 11 is 2.96. The van der Waals surface area contributed by atoms with Gasteiger partial charge < -0.3 is 0 Å². The second-order valence-corrected chi connectivity index (χ2v) is 5.95. The van der Waals surface area contributed by atoms with Crippen LogP contribution < -0.4 is 4.72 Å². The fourth-order valence-corrected chi connectivity index (χ4v) is 2.59. The predicted molar refractivity (Wildman–Crippen MR) is 69.1 cm³/mol. The molecule has 1 aromatic carbocycles. The molecule has 0 amide bonds. The number of nitrogens with one attached hydrogen (secondary N) is 1. The maximum Gasteiger partial charge on any atom is 0.261 e. The zero-order chi connectivity index (χ0) is 13.2. The third-order valence-corrected chi connectivity index (χ3v) is 4.16. The topological polar surface area (TPSA) is 59.1 Å². The molecular formula is C11H8BrFN2O2S. The van der Waals surface area contributed by atoms with E-state index in [0.717, 1.165) is 6.07 Å². The molecule has 0 aliphatic heterocycles. The van der Waals surface area contributed by atoms with Crippen LogP contribution in [0.2, 0.25) is 0 Å². The van der Waals surface area contributed by atoms with Crippen LogP contribution in [0.15, 0.2) is 52.1 Å². The van der Waals surface area contributed by atoms with Gasteiger partial charge in [-0.1, -0.05) is 0 Å². The first-order valence-electron chi connectivity index (χ1n) is 4.87. The maximum absolute atomic E-state index is 13.3. The minimum atomic E-state index is -3.79. The second kappa shape index (κ2) is 5.03. The van der Waals surface area contributed by atoms with Gasteiger partial charge in [0, 0.05) is 12.4 Å². The summed E-state index contributed by atoms with van der Waals surface area (Å²) in [6.07, 6.45) is 2.92. The van der Waals surface area contributed by atoms with Crippen molar-refractivity contribution < 1.29 is 12.8 Å². The molecule has 4 nitrogen and oxygen atoms in total. The highest BCUT2D eigenvalue weighted by Gasteiger charge is 2.15. The zero-order valence-corrected chi connectivity index (χ0v) is 11.4. The van der Waals surface area contributed by atoms with Crippen molar-refractivity contribution >= 4 is 31.6 Å². The fourth-order valence-electron chi connectivity index (χ4n) is 1.28. The molecule has 2 rings (SSSR count). The Hall–Kier alpha value is -1.47. The third kappa shape index (κ3) is 2.85. The van der Waals surface area contributed by atoms with Crippen molar-refractivity contribution in [3.05, 3.63) is 53.0 Å². The van der Waals surface area contributed by atoms with E-state index < -0.39 is 15.8 Å². The van der Waals surface area contributed by atoms with Crippen molar-refractivity contribution in [2.45, 2.75) is 4.90 Å². The quantitative estimate of drug-likeness (QED) is 0.941. The van der Waals surface area contributed by atoms with Gasteiger partial charge in [0.25, 0.3) is 10.0 Å². The first-order valence-corrected chi connectivity index (χ1v) is 7.14. The van der Waals surface area contributed by atoms with Crippen LogP contribution >= 0.6 is 15.9 Å². The summed E-state index contributed by atoms with van der Waals surface area (Å²) < 4.78 is 39.7. The van der Waals surface area contributed by atoms with E-state index in [0.29, 0.717) is 5.69 Å². The van der Waals surface area contributed by atoms with E-state index in [1.807, 2.05) is 0 Å². The minimum absolute atomic E-state index is 0.139. The summed E-state index contributed by atoms with van der Waals surface area (Å²) in [7, 11) is -3.79. The van der Waals surface area contributed by atoms with Gasteiger partial charge in [0.05, 0.1) is 15.1 Å². The van der Waals surface area contributed by atoms with Gasteiger partial charge in [0.1, 0.15) is 5.82 Å². The first kappa shape index (κ1) is 13.0. The van der Waals surface area contributed by atoms with Gasteiger partial charge in [0.2, 0.25) is 0 Å². The Morgan fingerprint density at radius 2 is 1.83 bits per heavy atom. The van der Waals surface area contributed by atoms with Crippen LogP contribution in [-0.2, 0) is 10.0 Å². The number of aromatic nitrogens is 1. The second-order valence-electron chi connectivity index (χ2n) is 3.42. The molecule has 7 heteroatoms. The SMILES string of the molecule is O=S(=O)(Nc1ccncc1)c1ccc(Br)c(F)c1. The Balaban J connectivity index is 2.34. The number of pyridine rings is 1. The Morgan fingerprint density at radius 1 is 1.17 bits per heavy atom. The van der Waals surface area contributed by atoms with Crippen LogP contribution in [0.3, 0.4) is 0 Å². The number of rotatable bonds is 3. The van der Waals surface area contributed by atoms with E-state index in [1.54, 1.807) is 0 Å². The van der Waals surface area contributed by atoms with Crippen LogP contribution in [0.4, 0.5) is 10.1 Å². The summed E-state index contributed by atoms with van der Waals surface area (Å²) in [5.41, 5.74) is 0.369. The van der Waals surface area contributed by atoms with E-state index >= 15 is 0 Å². The molecule has 0 atom stereocenters. The fraction of sp³-hybridized carbons (Fsp3) is 0. The molecule has 0 unspecified atom stereocenters. The minimum Gasteiger partial charge on any atom is -0.280 e. The molecule has 1 heterocycles. The molecule has 0 fully saturated rings. The lowest BCUT2D eigenvalue weighted by atomic mass is 10.3. The highest BCUT2D eigenvalue weighted by atomic mass is 79.9. The van der Waals surface area contributed by atoms with Crippen LogP contribution in [0.1, 0.15) is 0 Å². The van der Waals surface area contributed by atoms with Crippen LogP contribution in [-0.4, -0.2) is 13.4 Å². The molecular weight excluding hydrogens is 323 g/mol. The average molecular weight is 331 g/mol. The number of hydrogen-bond acceptors (Lipinski definition) is 3. The highest BCUT2D eigenvalue weighted by Crippen LogP contribution is 2.21. The molecule has 0 saturated heterocycles. The molecule has 0 radical (unpaired) electrons. The smallest absolute Gasteiger partial charge is 0.261 e. The van der Waals surface area contributed by atoms with Gasteiger partial charge in [-0.15, -0.1) is 0 Å². The summed E-state index contributed by atoms with van der Waals surface area (Å²) in [5, 5.41) is 0. The van der Waals surface area contributed by atoms with E-state index in [9.17, 15) is 12.8 Å². The summed E-state index contributed by atoms with van der Waals surface area (Å²) in [5.74, 6) is -0.632. The lowest BCUT2D eigenvalue weighted by molar-refractivity contribution is 0.593. The van der Waals surface area contributed by atoms with E-state index in [2.05, 4.69) is 25.6 Å². The van der Waals surface area contributed by atoms with Crippen LogP contribution in [0.5, 0.6) is 0 Å². The molecule has 2 aromatic rings. The molecule has 0 aliphatic carbocycles. The predicted octanol–water partition coefficient (Wildman–Crippen LogP) is 2.78. The van der Waals surface area contributed by atoms with Crippen molar-refractivity contribution in [1.82, 2.24) is 4.98 Å². The van der Waals surface area contributed by atoms with E-state index in [4.69, 9.17) is 0 Å². The highest BCUT2D eigenvalue weighted by molar-refractivity contribution is 9.10. The maximum atomic E-state index is 13.3. The van der Waals surface area contributed by atoms with Gasteiger partial charge in [-0.05, 0) is 46.3 Å². The van der Waals surface area contributed by atoms with E-state index in [-0.39, 0.29) is 9.37 Å². The molecule has 0 saturated carbocycles. The van der Waals surface area contributed by atoms with Crippen LogP contribution in [0, 0.1) is 5.82 Å². The molecule has 0 aliphatic rings. The largest absolute Gasteiger partial charge is 0.280 e. The number of anilines is 1. The molecule has 94 valence electrons. The monoisotopic (exact) mass is 330 g/mol. The molecule has 0 bridgehead atoms. The van der Waals surface area contributed by atoms with Gasteiger partial charge in [-0.2, -0.15) is 0 Å². The Bertz CT molecular complexity index is 662. The Kier molecular flexibility index (Phi) is 3.63.